The van der Waals surface area contributed by atoms with E-state index in [1.165, 1.54) is 0 Å². The Morgan fingerprint density at radius 3 is 2.71 bits per heavy atom. The van der Waals surface area contributed by atoms with Gasteiger partial charge in [-0.2, -0.15) is 5.10 Å². The maximum atomic E-state index is 11.8. The first-order valence-corrected chi connectivity index (χ1v) is 7.87. The molecule has 1 amide bonds. The van der Waals surface area contributed by atoms with Crippen LogP contribution in [0.4, 0.5) is 0 Å². The fourth-order valence-corrected chi connectivity index (χ4v) is 2.15. The van der Waals surface area contributed by atoms with Gasteiger partial charge in [-0.3, -0.25) is 4.79 Å². The van der Waals surface area contributed by atoms with Crippen LogP contribution in [0.5, 0.6) is 5.75 Å². The second-order valence-electron chi connectivity index (χ2n) is 5.23. The molecule has 0 aliphatic rings. The van der Waals surface area contributed by atoms with E-state index in [0.717, 1.165) is 11.1 Å². The third-order valence-electron chi connectivity index (χ3n) is 3.17. The van der Waals surface area contributed by atoms with E-state index in [-0.39, 0.29) is 12.5 Å². The van der Waals surface area contributed by atoms with E-state index in [1.54, 1.807) is 18.2 Å². The number of aryl methyl sites for hydroxylation is 1. The van der Waals surface area contributed by atoms with Crippen molar-refractivity contribution in [3.63, 3.8) is 0 Å². The fraction of sp³-hybridized carbons (Fsp3) is 0.158. The lowest BCUT2D eigenvalue weighted by molar-refractivity contribution is -0.123. The van der Waals surface area contributed by atoms with Gasteiger partial charge < -0.3 is 4.74 Å². The number of hydrogen-bond donors (Lipinski definition) is 1. The highest BCUT2D eigenvalue weighted by atomic mass is 35.5. The van der Waals surface area contributed by atoms with Crippen molar-refractivity contribution in [1.29, 1.82) is 0 Å². The number of rotatable bonds is 6. The summed E-state index contributed by atoms with van der Waals surface area (Å²) in [4.78, 5) is 11.8. The number of ether oxygens (including phenoxy) is 1. The first-order valence-electron chi connectivity index (χ1n) is 7.50. The van der Waals surface area contributed by atoms with Gasteiger partial charge in [0.25, 0.3) is 5.91 Å². The molecule has 2 aromatic carbocycles. The van der Waals surface area contributed by atoms with Crippen LogP contribution in [0, 0.1) is 6.92 Å². The molecule has 24 heavy (non-hydrogen) atoms. The summed E-state index contributed by atoms with van der Waals surface area (Å²) in [5.41, 5.74) is 5.10. The van der Waals surface area contributed by atoms with Crippen LogP contribution in [0.1, 0.15) is 18.1 Å². The van der Waals surface area contributed by atoms with Crippen LogP contribution in [-0.2, 0) is 4.79 Å². The van der Waals surface area contributed by atoms with E-state index in [0.29, 0.717) is 16.5 Å². The number of allylic oxidation sites excluding steroid dienone is 1. The maximum Gasteiger partial charge on any atom is 0.277 e. The summed E-state index contributed by atoms with van der Waals surface area (Å²) in [6.07, 6.45) is 3.76. The summed E-state index contributed by atoms with van der Waals surface area (Å²) in [5, 5.41) is 4.65. The Hall–Kier alpha value is -2.59. The monoisotopic (exact) mass is 342 g/mol. The van der Waals surface area contributed by atoms with Crippen molar-refractivity contribution in [2.75, 3.05) is 6.61 Å². The SMILES string of the molecule is CC(/C=C/c1ccccc1)=N\NC(=O)COc1ccc(Cl)cc1C. The van der Waals surface area contributed by atoms with Crippen LogP contribution < -0.4 is 10.2 Å². The molecule has 0 aliphatic heterocycles. The minimum atomic E-state index is -0.322. The minimum Gasteiger partial charge on any atom is -0.483 e. The van der Waals surface area contributed by atoms with E-state index >= 15 is 0 Å². The molecule has 0 heterocycles. The molecule has 0 radical (unpaired) electrons. The van der Waals surface area contributed by atoms with E-state index in [2.05, 4.69) is 10.5 Å². The van der Waals surface area contributed by atoms with Crippen LogP contribution in [0.15, 0.2) is 59.7 Å². The number of hydrogen-bond acceptors (Lipinski definition) is 3. The van der Waals surface area contributed by atoms with Gasteiger partial charge in [0.1, 0.15) is 5.75 Å². The molecule has 2 rings (SSSR count). The molecule has 1 N–H and O–H groups in total. The molecular formula is C19H19ClN2O2. The summed E-state index contributed by atoms with van der Waals surface area (Å²) >= 11 is 5.88. The summed E-state index contributed by atoms with van der Waals surface area (Å²) < 4.78 is 5.46. The number of hydrazone groups is 1. The van der Waals surface area contributed by atoms with Gasteiger partial charge in [-0.05, 0) is 49.2 Å². The van der Waals surface area contributed by atoms with Gasteiger partial charge in [0, 0.05) is 5.02 Å². The quantitative estimate of drug-likeness (QED) is 0.630. The zero-order valence-electron chi connectivity index (χ0n) is 13.6. The second-order valence-corrected chi connectivity index (χ2v) is 5.67. The Bertz CT molecular complexity index is 755. The van der Waals surface area contributed by atoms with Crippen molar-refractivity contribution < 1.29 is 9.53 Å². The number of nitrogens with zero attached hydrogens (tertiary/aromatic N) is 1. The van der Waals surface area contributed by atoms with Gasteiger partial charge in [-0.25, -0.2) is 5.43 Å². The van der Waals surface area contributed by atoms with Gasteiger partial charge in [0.05, 0.1) is 5.71 Å². The molecule has 0 aliphatic carbocycles. The molecule has 0 bridgehead atoms. The average molecular weight is 343 g/mol. The summed E-state index contributed by atoms with van der Waals surface area (Å²) in [6.45, 7) is 3.57. The lowest BCUT2D eigenvalue weighted by Gasteiger charge is -2.08. The number of carbonyl (C=O) groups excluding carboxylic acids is 1. The Labute approximate surface area is 146 Å². The molecule has 0 saturated carbocycles. The molecule has 0 unspecified atom stereocenters. The van der Waals surface area contributed by atoms with Crippen molar-refractivity contribution in [3.05, 3.63) is 70.8 Å². The minimum absolute atomic E-state index is 0.109. The van der Waals surface area contributed by atoms with Crippen molar-refractivity contribution in [1.82, 2.24) is 5.43 Å². The first kappa shape index (κ1) is 17.8. The molecule has 0 fully saturated rings. The Balaban J connectivity index is 1.82. The maximum absolute atomic E-state index is 11.8. The second kappa shape index (κ2) is 8.89. The van der Waals surface area contributed by atoms with E-state index in [4.69, 9.17) is 16.3 Å². The highest BCUT2D eigenvalue weighted by Crippen LogP contribution is 2.21. The first-order chi connectivity index (χ1) is 11.5. The third-order valence-corrected chi connectivity index (χ3v) is 3.40. The van der Waals surface area contributed by atoms with Gasteiger partial charge in [-0.15, -0.1) is 0 Å². The molecule has 0 saturated heterocycles. The van der Waals surface area contributed by atoms with Crippen LogP contribution in [-0.4, -0.2) is 18.2 Å². The lowest BCUT2D eigenvalue weighted by atomic mass is 10.2. The number of nitrogens with one attached hydrogen (secondary N) is 1. The molecule has 0 atom stereocenters. The van der Waals surface area contributed by atoms with Crippen molar-refractivity contribution in [2.45, 2.75) is 13.8 Å². The van der Waals surface area contributed by atoms with E-state index in [1.807, 2.05) is 56.3 Å². The van der Waals surface area contributed by atoms with Gasteiger partial charge >= 0.3 is 0 Å². The van der Waals surface area contributed by atoms with Crippen molar-refractivity contribution >= 4 is 29.3 Å². The highest BCUT2D eigenvalue weighted by molar-refractivity contribution is 6.30. The average Bonchev–Trinajstić information content (AvgIpc) is 2.58. The number of carbonyl (C=O) groups is 1. The number of benzene rings is 2. The molecule has 0 aromatic heterocycles. The largest absolute Gasteiger partial charge is 0.483 e. The van der Waals surface area contributed by atoms with Crippen LogP contribution in [0.25, 0.3) is 6.08 Å². The zero-order valence-corrected chi connectivity index (χ0v) is 14.4. The number of halogens is 1. The van der Waals surface area contributed by atoms with Crippen LogP contribution >= 0.6 is 11.6 Å². The highest BCUT2D eigenvalue weighted by Gasteiger charge is 2.04. The molecule has 4 nitrogen and oxygen atoms in total. The van der Waals surface area contributed by atoms with Gasteiger partial charge in [0.2, 0.25) is 0 Å². The van der Waals surface area contributed by atoms with Crippen molar-refractivity contribution in [2.24, 2.45) is 5.10 Å². The third kappa shape index (κ3) is 5.89. The Morgan fingerprint density at radius 1 is 1.25 bits per heavy atom. The van der Waals surface area contributed by atoms with Gasteiger partial charge in [0.15, 0.2) is 6.61 Å². The molecule has 124 valence electrons. The van der Waals surface area contributed by atoms with Crippen molar-refractivity contribution in [3.8, 4) is 5.75 Å². The molecule has 0 spiro atoms. The Morgan fingerprint density at radius 2 is 2.00 bits per heavy atom. The van der Waals surface area contributed by atoms with Crippen LogP contribution in [0.2, 0.25) is 5.02 Å². The Kier molecular flexibility index (Phi) is 6.58. The summed E-state index contributed by atoms with van der Waals surface area (Å²) in [5.74, 6) is 0.302. The van der Waals surface area contributed by atoms with E-state index in [9.17, 15) is 4.79 Å². The van der Waals surface area contributed by atoms with E-state index < -0.39 is 0 Å². The summed E-state index contributed by atoms with van der Waals surface area (Å²) in [6, 6.07) is 15.1. The smallest absolute Gasteiger partial charge is 0.277 e. The number of amides is 1. The summed E-state index contributed by atoms with van der Waals surface area (Å²) in [7, 11) is 0. The topological polar surface area (TPSA) is 50.7 Å². The standard InChI is InChI=1S/C19H19ClN2O2/c1-14-12-17(20)10-11-18(14)24-13-19(23)22-21-15(2)8-9-16-6-4-3-5-7-16/h3-12H,13H2,1-2H3,(H,22,23)/b9-8+,21-15+. The predicted molar refractivity (Wildman–Crippen MR) is 98.4 cm³/mol. The zero-order chi connectivity index (χ0) is 17.4. The lowest BCUT2D eigenvalue weighted by Crippen LogP contribution is -2.25. The normalized spacial score (nSPS) is 11.5. The molecular weight excluding hydrogens is 324 g/mol. The predicted octanol–water partition coefficient (Wildman–Crippen LogP) is 4.23. The molecule has 2 aromatic rings. The van der Waals surface area contributed by atoms with Gasteiger partial charge in [-0.1, -0.05) is 48.0 Å². The molecule has 5 heteroatoms. The fourth-order valence-electron chi connectivity index (χ4n) is 1.92. The van der Waals surface area contributed by atoms with Crippen LogP contribution in [0.3, 0.4) is 0 Å².